The number of amides is 1. The lowest BCUT2D eigenvalue weighted by Crippen LogP contribution is -2.36. The van der Waals surface area contributed by atoms with Crippen LogP contribution in [0.4, 0.5) is 0 Å². The van der Waals surface area contributed by atoms with E-state index in [0.29, 0.717) is 5.92 Å². The maximum Gasteiger partial charge on any atom is 0.223 e. The maximum absolute atomic E-state index is 11.7. The van der Waals surface area contributed by atoms with Gasteiger partial charge in [0.25, 0.3) is 0 Å². The Morgan fingerprint density at radius 1 is 1.19 bits per heavy atom. The summed E-state index contributed by atoms with van der Waals surface area (Å²) < 4.78 is 0. The summed E-state index contributed by atoms with van der Waals surface area (Å²) in [5.74, 6) is 3.07. The summed E-state index contributed by atoms with van der Waals surface area (Å²) in [4.78, 5) is 11.7. The van der Waals surface area contributed by atoms with Gasteiger partial charge in [-0.2, -0.15) is 11.8 Å². The summed E-state index contributed by atoms with van der Waals surface area (Å²) >= 11 is 1.87. The molecule has 0 saturated carbocycles. The lowest BCUT2D eigenvalue weighted by molar-refractivity contribution is -0.124. The summed E-state index contributed by atoms with van der Waals surface area (Å²) in [5.41, 5.74) is 0.167. The van der Waals surface area contributed by atoms with Crippen molar-refractivity contribution < 1.29 is 4.79 Å². The highest BCUT2D eigenvalue weighted by atomic mass is 32.2. The number of hydrogen-bond acceptors (Lipinski definition) is 2. The van der Waals surface area contributed by atoms with E-state index >= 15 is 0 Å². The van der Waals surface area contributed by atoms with Crippen LogP contribution in [0.3, 0.4) is 0 Å². The summed E-state index contributed by atoms with van der Waals surface area (Å²) in [5, 5.41) is 3.01. The summed E-state index contributed by atoms with van der Waals surface area (Å²) in [6.45, 7) is 13.6. The van der Waals surface area contributed by atoms with Crippen LogP contribution >= 0.6 is 11.8 Å². The quantitative estimate of drug-likeness (QED) is 0.779. The van der Waals surface area contributed by atoms with E-state index in [1.807, 2.05) is 18.7 Å². The summed E-state index contributed by atoms with van der Waals surface area (Å²) in [7, 11) is 0. The fraction of sp³-hybridized carbons (Fsp3) is 0.923. The van der Waals surface area contributed by atoms with Crippen LogP contribution in [0, 0.1) is 17.3 Å². The molecule has 2 nitrogen and oxygen atoms in total. The third kappa shape index (κ3) is 9.08. The first-order valence-electron chi connectivity index (χ1n) is 6.08. The van der Waals surface area contributed by atoms with E-state index in [-0.39, 0.29) is 17.2 Å². The van der Waals surface area contributed by atoms with Gasteiger partial charge in [-0.05, 0) is 17.1 Å². The molecule has 0 aromatic carbocycles. The van der Waals surface area contributed by atoms with E-state index in [0.717, 1.165) is 18.1 Å². The predicted molar refractivity (Wildman–Crippen MR) is 73.8 cm³/mol. The van der Waals surface area contributed by atoms with E-state index in [4.69, 9.17) is 0 Å². The maximum atomic E-state index is 11.7. The Labute approximate surface area is 105 Å². The molecule has 1 N–H and O–H groups in total. The third-order valence-corrected chi connectivity index (χ3v) is 3.70. The summed E-state index contributed by atoms with van der Waals surface area (Å²) in [6.07, 6.45) is 0. The monoisotopic (exact) mass is 245 g/mol. The normalized spacial score (nSPS) is 13.9. The van der Waals surface area contributed by atoms with E-state index in [1.165, 1.54) is 0 Å². The Morgan fingerprint density at radius 3 is 2.19 bits per heavy atom. The van der Waals surface area contributed by atoms with Gasteiger partial charge in [0.15, 0.2) is 0 Å². The molecule has 0 fully saturated rings. The third-order valence-electron chi connectivity index (χ3n) is 2.06. The van der Waals surface area contributed by atoms with E-state index in [1.54, 1.807) is 0 Å². The lowest BCUT2D eigenvalue weighted by atomic mass is 9.97. The van der Waals surface area contributed by atoms with Crippen LogP contribution in [-0.4, -0.2) is 24.0 Å². The van der Waals surface area contributed by atoms with Gasteiger partial charge in [-0.25, -0.2) is 0 Å². The van der Waals surface area contributed by atoms with Crippen LogP contribution in [0.25, 0.3) is 0 Å². The van der Waals surface area contributed by atoms with Crippen molar-refractivity contribution in [2.75, 3.05) is 18.1 Å². The van der Waals surface area contributed by atoms with Gasteiger partial charge in [-0.15, -0.1) is 0 Å². The molecule has 0 heterocycles. The molecular weight excluding hydrogens is 218 g/mol. The zero-order chi connectivity index (χ0) is 12.8. The Bertz CT molecular complexity index is 208. The van der Waals surface area contributed by atoms with Crippen LogP contribution in [-0.2, 0) is 4.79 Å². The molecule has 1 atom stereocenters. The van der Waals surface area contributed by atoms with Crippen LogP contribution in [0.15, 0.2) is 0 Å². The van der Waals surface area contributed by atoms with Crippen LogP contribution < -0.4 is 5.32 Å². The molecule has 1 amide bonds. The highest BCUT2D eigenvalue weighted by Gasteiger charge is 2.16. The SMILES string of the molecule is CC(C)CSCC(C)C(=O)NCC(C)(C)C. The first-order chi connectivity index (χ1) is 7.22. The van der Waals surface area contributed by atoms with Gasteiger partial charge in [0.1, 0.15) is 0 Å². The van der Waals surface area contributed by atoms with Gasteiger partial charge in [0.05, 0.1) is 0 Å². The molecule has 0 aliphatic heterocycles. The number of rotatable bonds is 6. The van der Waals surface area contributed by atoms with Crippen LogP contribution in [0.2, 0.25) is 0 Å². The molecule has 0 aromatic rings. The average molecular weight is 245 g/mol. The van der Waals surface area contributed by atoms with Gasteiger partial charge in [-0.3, -0.25) is 4.79 Å². The minimum atomic E-state index is 0.117. The molecule has 0 aliphatic rings. The Kier molecular flexibility index (Phi) is 7.12. The predicted octanol–water partition coefficient (Wildman–Crippen LogP) is 3.17. The molecule has 0 radical (unpaired) electrons. The van der Waals surface area contributed by atoms with Crippen LogP contribution in [0.1, 0.15) is 41.5 Å². The second-order valence-electron chi connectivity index (χ2n) is 6.11. The molecule has 96 valence electrons. The Balaban J connectivity index is 3.74. The molecule has 0 rings (SSSR count). The highest BCUT2D eigenvalue weighted by Crippen LogP contribution is 2.14. The number of carbonyl (C=O) groups excluding carboxylic acids is 1. The molecule has 0 spiro atoms. The van der Waals surface area contributed by atoms with Crippen LogP contribution in [0.5, 0.6) is 0 Å². The van der Waals surface area contributed by atoms with E-state index < -0.39 is 0 Å². The average Bonchev–Trinajstić information content (AvgIpc) is 2.12. The molecule has 0 aliphatic carbocycles. The van der Waals surface area contributed by atoms with Gasteiger partial charge >= 0.3 is 0 Å². The zero-order valence-electron chi connectivity index (χ0n) is 11.6. The van der Waals surface area contributed by atoms with Crippen molar-refractivity contribution in [2.24, 2.45) is 17.3 Å². The minimum absolute atomic E-state index is 0.117. The second-order valence-corrected chi connectivity index (χ2v) is 7.19. The topological polar surface area (TPSA) is 29.1 Å². The first-order valence-corrected chi connectivity index (χ1v) is 7.23. The van der Waals surface area contributed by atoms with Gasteiger partial charge in [0.2, 0.25) is 5.91 Å². The number of nitrogens with one attached hydrogen (secondary N) is 1. The van der Waals surface area contributed by atoms with Crippen molar-refractivity contribution in [3.05, 3.63) is 0 Å². The lowest BCUT2D eigenvalue weighted by Gasteiger charge is -2.20. The number of carbonyl (C=O) groups is 1. The molecule has 16 heavy (non-hydrogen) atoms. The van der Waals surface area contributed by atoms with Gasteiger partial charge in [-0.1, -0.05) is 41.5 Å². The molecule has 3 heteroatoms. The smallest absolute Gasteiger partial charge is 0.223 e. The number of hydrogen-bond donors (Lipinski definition) is 1. The summed E-state index contributed by atoms with van der Waals surface area (Å²) in [6, 6.07) is 0. The number of thioether (sulfide) groups is 1. The zero-order valence-corrected chi connectivity index (χ0v) is 12.4. The Morgan fingerprint density at radius 2 is 1.75 bits per heavy atom. The van der Waals surface area contributed by atoms with Crippen molar-refractivity contribution in [3.63, 3.8) is 0 Å². The second kappa shape index (κ2) is 7.21. The fourth-order valence-electron chi connectivity index (χ4n) is 1.08. The highest BCUT2D eigenvalue weighted by molar-refractivity contribution is 7.99. The molecular formula is C13H27NOS. The fourth-order valence-corrected chi connectivity index (χ4v) is 2.20. The molecule has 0 aromatic heterocycles. The van der Waals surface area contributed by atoms with E-state index in [9.17, 15) is 4.79 Å². The van der Waals surface area contributed by atoms with Crippen molar-refractivity contribution in [3.8, 4) is 0 Å². The van der Waals surface area contributed by atoms with E-state index in [2.05, 4.69) is 39.9 Å². The first kappa shape index (κ1) is 15.8. The van der Waals surface area contributed by atoms with Gasteiger partial charge < -0.3 is 5.32 Å². The standard InChI is InChI=1S/C13H27NOS/c1-10(2)7-16-8-11(3)12(15)14-9-13(4,5)6/h10-11H,7-9H2,1-6H3,(H,14,15). The van der Waals surface area contributed by atoms with Crippen molar-refractivity contribution >= 4 is 17.7 Å². The van der Waals surface area contributed by atoms with Crippen molar-refractivity contribution in [1.82, 2.24) is 5.32 Å². The van der Waals surface area contributed by atoms with Crippen molar-refractivity contribution in [2.45, 2.75) is 41.5 Å². The largest absolute Gasteiger partial charge is 0.355 e. The minimum Gasteiger partial charge on any atom is -0.355 e. The Hall–Kier alpha value is -0.180. The molecule has 0 bridgehead atoms. The van der Waals surface area contributed by atoms with Crippen molar-refractivity contribution in [1.29, 1.82) is 0 Å². The molecule has 0 saturated heterocycles. The van der Waals surface area contributed by atoms with Gasteiger partial charge in [0, 0.05) is 18.2 Å². The molecule has 1 unspecified atom stereocenters.